The van der Waals surface area contributed by atoms with Gasteiger partial charge in [-0.05, 0) is 43.5 Å². The van der Waals surface area contributed by atoms with Crippen LogP contribution in [0.4, 0.5) is 0 Å². The van der Waals surface area contributed by atoms with Crippen LogP contribution in [0.25, 0.3) is 0 Å². The van der Waals surface area contributed by atoms with Crippen molar-refractivity contribution in [2.24, 2.45) is 0 Å². The van der Waals surface area contributed by atoms with Crippen LogP contribution in [0.15, 0.2) is 42.5 Å². The minimum atomic E-state index is 0.516. The maximum Gasteiger partial charge on any atom is 0.103 e. The van der Waals surface area contributed by atoms with Gasteiger partial charge in [-0.25, -0.2) is 0 Å². The lowest BCUT2D eigenvalue weighted by Crippen LogP contribution is -2.23. The molecule has 2 aromatic rings. The Balaban J connectivity index is 1.83. The monoisotopic (exact) mass is 284 g/mol. The fourth-order valence-electron chi connectivity index (χ4n) is 3.14. The Labute approximate surface area is 125 Å². The van der Waals surface area contributed by atoms with Crippen molar-refractivity contribution in [2.75, 3.05) is 6.54 Å². The van der Waals surface area contributed by atoms with Gasteiger partial charge in [-0.2, -0.15) is 0 Å². The smallest absolute Gasteiger partial charge is 0.103 e. The lowest BCUT2D eigenvalue weighted by Gasteiger charge is -2.26. The number of H-pyrrole nitrogens is 1. The SMILES string of the molecule is Cc1[nH]c(=S)ccc1[C@H]1CCCN1Cc1ccccc1. The van der Waals surface area contributed by atoms with Crippen molar-refractivity contribution in [1.29, 1.82) is 0 Å². The summed E-state index contributed by atoms with van der Waals surface area (Å²) in [6.07, 6.45) is 2.50. The van der Waals surface area contributed by atoms with Crippen molar-refractivity contribution >= 4 is 12.2 Å². The Hall–Kier alpha value is -1.45. The number of benzene rings is 1. The molecule has 1 aliphatic rings. The third-order valence-electron chi connectivity index (χ3n) is 4.11. The molecule has 0 unspecified atom stereocenters. The predicted molar refractivity (Wildman–Crippen MR) is 85.2 cm³/mol. The topological polar surface area (TPSA) is 19.0 Å². The number of aromatic nitrogens is 1. The van der Waals surface area contributed by atoms with Gasteiger partial charge in [-0.15, -0.1) is 0 Å². The highest BCUT2D eigenvalue weighted by Gasteiger charge is 2.27. The molecule has 104 valence electrons. The number of nitrogens with one attached hydrogen (secondary N) is 1. The molecule has 1 aliphatic heterocycles. The standard InChI is InChI=1S/C17H20N2S/c1-13-15(9-10-17(20)18-13)16-8-5-11-19(16)12-14-6-3-2-4-7-14/h2-4,6-7,9-10,16H,5,8,11-12H2,1H3,(H,18,20)/t16-/m1/s1. The zero-order valence-electron chi connectivity index (χ0n) is 11.8. The van der Waals surface area contributed by atoms with Crippen molar-refractivity contribution in [3.05, 3.63) is 63.9 Å². The van der Waals surface area contributed by atoms with Gasteiger partial charge in [-0.1, -0.05) is 48.6 Å². The molecule has 0 saturated carbocycles. The molecule has 1 aromatic carbocycles. The number of likely N-dealkylation sites (tertiary alicyclic amines) is 1. The average molecular weight is 284 g/mol. The maximum atomic E-state index is 5.20. The molecule has 3 rings (SSSR count). The van der Waals surface area contributed by atoms with Crippen LogP contribution >= 0.6 is 12.2 Å². The Morgan fingerprint density at radius 2 is 2.00 bits per heavy atom. The molecule has 2 nitrogen and oxygen atoms in total. The fourth-order valence-corrected chi connectivity index (χ4v) is 3.36. The molecule has 3 heteroatoms. The summed E-state index contributed by atoms with van der Waals surface area (Å²) in [5, 5.41) is 0. The van der Waals surface area contributed by atoms with E-state index in [1.165, 1.54) is 36.2 Å². The first-order valence-electron chi connectivity index (χ1n) is 7.22. The summed E-state index contributed by atoms with van der Waals surface area (Å²) in [5.41, 5.74) is 4.00. The number of rotatable bonds is 3. The van der Waals surface area contributed by atoms with Gasteiger partial charge in [0.05, 0.1) is 0 Å². The summed E-state index contributed by atoms with van der Waals surface area (Å²) in [4.78, 5) is 5.87. The van der Waals surface area contributed by atoms with Crippen molar-refractivity contribution in [1.82, 2.24) is 9.88 Å². The van der Waals surface area contributed by atoms with Gasteiger partial charge < -0.3 is 4.98 Å². The van der Waals surface area contributed by atoms with E-state index < -0.39 is 0 Å². The molecule has 20 heavy (non-hydrogen) atoms. The minimum Gasteiger partial charge on any atom is -0.350 e. The molecular formula is C17H20N2S. The van der Waals surface area contributed by atoms with Crippen LogP contribution in [0.2, 0.25) is 0 Å². The van der Waals surface area contributed by atoms with Gasteiger partial charge in [0.2, 0.25) is 0 Å². The van der Waals surface area contributed by atoms with Crippen LogP contribution in [0, 0.1) is 11.6 Å². The highest BCUT2D eigenvalue weighted by atomic mass is 32.1. The Kier molecular flexibility index (Phi) is 3.99. The predicted octanol–water partition coefficient (Wildman–Crippen LogP) is 4.39. The lowest BCUT2D eigenvalue weighted by atomic mass is 10.0. The first-order chi connectivity index (χ1) is 9.74. The molecular weight excluding hydrogens is 264 g/mol. The number of hydrogen-bond acceptors (Lipinski definition) is 2. The van der Waals surface area contributed by atoms with Gasteiger partial charge in [0.1, 0.15) is 4.64 Å². The zero-order valence-corrected chi connectivity index (χ0v) is 12.6. The first-order valence-corrected chi connectivity index (χ1v) is 7.62. The van der Waals surface area contributed by atoms with Crippen LogP contribution in [0.5, 0.6) is 0 Å². The lowest BCUT2D eigenvalue weighted by molar-refractivity contribution is 0.247. The van der Waals surface area contributed by atoms with Crippen molar-refractivity contribution in [3.63, 3.8) is 0 Å². The fraction of sp³-hybridized carbons (Fsp3) is 0.353. The molecule has 2 heterocycles. The van der Waals surface area contributed by atoms with E-state index in [1.807, 2.05) is 6.07 Å². The maximum absolute atomic E-state index is 5.20. The average Bonchev–Trinajstić information content (AvgIpc) is 2.88. The van der Waals surface area contributed by atoms with Crippen molar-refractivity contribution in [2.45, 2.75) is 32.4 Å². The number of nitrogens with zero attached hydrogens (tertiary/aromatic N) is 1. The molecule has 0 radical (unpaired) electrons. The summed E-state index contributed by atoms with van der Waals surface area (Å²) in [7, 11) is 0. The second kappa shape index (κ2) is 5.90. The Morgan fingerprint density at radius 1 is 1.20 bits per heavy atom. The summed E-state index contributed by atoms with van der Waals surface area (Å²) in [6, 6.07) is 15.4. The molecule has 0 spiro atoms. The Bertz CT molecular complexity index is 633. The van der Waals surface area contributed by atoms with Gasteiger partial charge >= 0.3 is 0 Å². The molecule has 0 amide bonds. The molecule has 1 atom stereocenters. The van der Waals surface area contributed by atoms with E-state index in [2.05, 4.69) is 53.2 Å². The molecule has 1 saturated heterocycles. The van der Waals surface area contributed by atoms with E-state index in [-0.39, 0.29) is 0 Å². The third-order valence-corrected chi connectivity index (χ3v) is 4.35. The van der Waals surface area contributed by atoms with E-state index in [0.717, 1.165) is 11.2 Å². The van der Waals surface area contributed by atoms with E-state index >= 15 is 0 Å². The van der Waals surface area contributed by atoms with Crippen molar-refractivity contribution < 1.29 is 0 Å². The highest BCUT2D eigenvalue weighted by molar-refractivity contribution is 7.71. The molecule has 1 fully saturated rings. The van der Waals surface area contributed by atoms with E-state index in [9.17, 15) is 0 Å². The zero-order chi connectivity index (χ0) is 13.9. The van der Waals surface area contributed by atoms with E-state index in [1.54, 1.807) is 0 Å². The summed E-state index contributed by atoms with van der Waals surface area (Å²) in [5.74, 6) is 0. The van der Waals surface area contributed by atoms with Crippen LogP contribution in [0.1, 0.15) is 35.7 Å². The van der Waals surface area contributed by atoms with Crippen molar-refractivity contribution in [3.8, 4) is 0 Å². The first kappa shape index (κ1) is 13.5. The largest absolute Gasteiger partial charge is 0.350 e. The van der Waals surface area contributed by atoms with Gasteiger partial charge in [-0.3, -0.25) is 4.90 Å². The molecule has 0 aliphatic carbocycles. The molecule has 1 N–H and O–H groups in total. The van der Waals surface area contributed by atoms with Crippen LogP contribution in [-0.4, -0.2) is 16.4 Å². The van der Waals surface area contributed by atoms with Gasteiger partial charge in [0.25, 0.3) is 0 Å². The number of aryl methyl sites for hydroxylation is 1. The van der Waals surface area contributed by atoms with Gasteiger partial charge in [0.15, 0.2) is 0 Å². The van der Waals surface area contributed by atoms with Gasteiger partial charge in [0, 0.05) is 18.3 Å². The summed E-state index contributed by atoms with van der Waals surface area (Å²) >= 11 is 5.20. The second-order valence-electron chi connectivity index (χ2n) is 5.52. The minimum absolute atomic E-state index is 0.516. The van der Waals surface area contributed by atoms with Crippen LogP contribution < -0.4 is 0 Å². The number of pyridine rings is 1. The molecule has 1 aromatic heterocycles. The van der Waals surface area contributed by atoms with Crippen LogP contribution in [-0.2, 0) is 6.54 Å². The quantitative estimate of drug-likeness (QED) is 0.843. The second-order valence-corrected chi connectivity index (χ2v) is 5.96. The molecule has 0 bridgehead atoms. The van der Waals surface area contributed by atoms with E-state index in [4.69, 9.17) is 12.2 Å². The summed E-state index contributed by atoms with van der Waals surface area (Å²) in [6.45, 7) is 4.33. The highest BCUT2D eigenvalue weighted by Crippen LogP contribution is 2.34. The Morgan fingerprint density at radius 3 is 2.75 bits per heavy atom. The number of aromatic amines is 1. The summed E-state index contributed by atoms with van der Waals surface area (Å²) < 4.78 is 0.818. The number of hydrogen-bond donors (Lipinski definition) is 1. The van der Waals surface area contributed by atoms with E-state index in [0.29, 0.717) is 6.04 Å². The van der Waals surface area contributed by atoms with Crippen LogP contribution in [0.3, 0.4) is 0 Å². The normalized spacial score (nSPS) is 19.4. The third kappa shape index (κ3) is 2.84.